The van der Waals surface area contributed by atoms with Gasteiger partial charge in [-0.2, -0.15) is 0 Å². The van der Waals surface area contributed by atoms with Gasteiger partial charge in [-0.25, -0.2) is 0 Å². The number of nitrogens with one attached hydrogen (secondary N) is 1. The van der Waals surface area contributed by atoms with Crippen LogP contribution in [0.25, 0.3) is 11.3 Å². The Morgan fingerprint density at radius 1 is 1.16 bits per heavy atom. The third-order valence-electron chi connectivity index (χ3n) is 4.17. The number of amides is 1. The first kappa shape index (κ1) is 18.0. The number of halogens is 1. The average molecular weight is 363 g/mol. The molecule has 1 fully saturated rings. The Labute approximate surface area is 152 Å². The lowest BCUT2D eigenvalue weighted by atomic mass is 10.2. The third-order valence-corrected chi connectivity index (χ3v) is 4.42. The van der Waals surface area contributed by atoms with E-state index in [0.717, 1.165) is 25.2 Å². The summed E-state index contributed by atoms with van der Waals surface area (Å²) >= 11 is 5.89. The van der Waals surface area contributed by atoms with Gasteiger partial charge < -0.3 is 14.5 Å². The van der Waals surface area contributed by atoms with Crippen molar-refractivity contribution in [2.24, 2.45) is 0 Å². The summed E-state index contributed by atoms with van der Waals surface area (Å²) in [6, 6.07) is 10.8. The van der Waals surface area contributed by atoms with Crippen molar-refractivity contribution in [3.8, 4) is 11.3 Å². The number of morpholine rings is 1. The fourth-order valence-corrected chi connectivity index (χ4v) is 3.24. The molecule has 1 saturated heterocycles. The molecule has 0 unspecified atom stereocenters. The first-order valence-electron chi connectivity index (χ1n) is 8.53. The summed E-state index contributed by atoms with van der Waals surface area (Å²) in [5, 5.41) is 3.58. The summed E-state index contributed by atoms with van der Waals surface area (Å²) in [6.45, 7) is 7.30. The van der Waals surface area contributed by atoms with E-state index in [4.69, 9.17) is 20.8 Å². The Bertz CT molecular complexity index is 704. The van der Waals surface area contributed by atoms with E-state index in [9.17, 15) is 4.79 Å². The minimum absolute atomic E-state index is 0.199. The van der Waals surface area contributed by atoms with Crippen LogP contribution in [-0.2, 0) is 4.74 Å². The molecule has 3 rings (SSSR count). The van der Waals surface area contributed by atoms with Gasteiger partial charge in [-0.3, -0.25) is 9.69 Å². The number of nitrogens with zero attached hydrogens (tertiary/aromatic N) is 1. The van der Waals surface area contributed by atoms with Crippen LogP contribution in [-0.4, -0.2) is 49.2 Å². The van der Waals surface area contributed by atoms with Crippen molar-refractivity contribution < 1.29 is 13.9 Å². The minimum Gasteiger partial charge on any atom is -0.451 e. The maximum absolute atomic E-state index is 12.2. The van der Waals surface area contributed by atoms with E-state index in [1.54, 1.807) is 24.3 Å². The van der Waals surface area contributed by atoms with Gasteiger partial charge in [0.05, 0.1) is 12.2 Å². The molecule has 0 aliphatic carbocycles. The summed E-state index contributed by atoms with van der Waals surface area (Å²) in [5.74, 6) is 0.765. The van der Waals surface area contributed by atoms with Crippen LogP contribution in [0.3, 0.4) is 0 Å². The second-order valence-electron chi connectivity index (χ2n) is 6.44. The van der Waals surface area contributed by atoms with Crippen LogP contribution in [0.4, 0.5) is 0 Å². The minimum atomic E-state index is -0.199. The highest BCUT2D eigenvalue weighted by Gasteiger charge is 2.22. The number of hydrogen-bond acceptors (Lipinski definition) is 4. The number of furan rings is 1. The molecule has 0 saturated carbocycles. The Morgan fingerprint density at radius 2 is 1.84 bits per heavy atom. The maximum Gasteiger partial charge on any atom is 0.287 e. The highest BCUT2D eigenvalue weighted by molar-refractivity contribution is 6.30. The quantitative estimate of drug-likeness (QED) is 0.885. The topological polar surface area (TPSA) is 54.7 Å². The Morgan fingerprint density at radius 3 is 2.52 bits per heavy atom. The molecule has 25 heavy (non-hydrogen) atoms. The molecule has 1 aliphatic heterocycles. The summed E-state index contributed by atoms with van der Waals surface area (Å²) in [6.07, 6.45) is 0.456. The van der Waals surface area contributed by atoms with Gasteiger partial charge in [-0.05, 0) is 50.2 Å². The van der Waals surface area contributed by atoms with Crippen molar-refractivity contribution in [1.82, 2.24) is 10.2 Å². The molecule has 1 aliphatic rings. The molecule has 1 N–H and O–H groups in total. The first-order valence-corrected chi connectivity index (χ1v) is 8.91. The molecule has 134 valence electrons. The summed E-state index contributed by atoms with van der Waals surface area (Å²) in [4.78, 5) is 14.6. The van der Waals surface area contributed by atoms with E-state index >= 15 is 0 Å². The number of benzene rings is 1. The number of carbonyl (C=O) groups excluding carboxylic acids is 1. The molecule has 1 amide bonds. The molecule has 2 aromatic rings. The SMILES string of the molecule is C[C@@H]1CN(CCNC(=O)c2ccc(-c3ccc(Cl)cc3)o2)C[C@H](C)O1. The van der Waals surface area contributed by atoms with Crippen LogP contribution in [0.1, 0.15) is 24.4 Å². The second-order valence-corrected chi connectivity index (χ2v) is 6.88. The van der Waals surface area contributed by atoms with Gasteiger partial charge in [-0.15, -0.1) is 0 Å². The fourth-order valence-electron chi connectivity index (χ4n) is 3.11. The van der Waals surface area contributed by atoms with Gasteiger partial charge in [0.1, 0.15) is 5.76 Å². The van der Waals surface area contributed by atoms with Gasteiger partial charge in [0, 0.05) is 36.8 Å². The Hall–Kier alpha value is -1.82. The first-order chi connectivity index (χ1) is 12.0. The van der Waals surface area contributed by atoms with Gasteiger partial charge >= 0.3 is 0 Å². The molecule has 0 spiro atoms. The monoisotopic (exact) mass is 362 g/mol. The smallest absolute Gasteiger partial charge is 0.287 e. The lowest BCUT2D eigenvalue weighted by Crippen LogP contribution is -2.47. The van der Waals surface area contributed by atoms with Crippen molar-refractivity contribution >= 4 is 17.5 Å². The lowest BCUT2D eigenvalue weighted by Gasteiger charge is -2.35. The predicted molar refractivity (Wildman–Crippen MR) is 97.9 cm³/mol. The molecule has 1 aromatic carbocycles. The zero-order chi connectivity index (χ0) is 17.8. The van der Waals surface area contributed by atoms with Gasteiger partial charge in [0.25, 0.3) is 5.91 Å². The van der Waals surface area contributed by atoms with E-state index in [-0.39, 0.29) is 18.1 Å². The average Bonchev–Trinajstić information content (AvgIpc) is 3.04. The predicted octanol–water partition coefficient (Wildman–Crippen LogP) is 3.44. The van der Waals surface area contributed by atoms with Crippen molar-refractivity contribution in [1.29, 1.82) is 0 Å². The largest absolute Gasteiger partial charge is 0.451 e. The van der Waals surface area contributed by atoms with Gasteiger partial charge in [0.15, 0.2) is 5.76 Å². The molecule has 2 heterocycles. The standard InChI is InChI=1S/C19H23ClN2O3/c1-13-11-22(12-14(2)24-13)10-9-21-19(23)18-8-7-17(25-18)15-3-5-16(20)6-4-15/h3-8,13-14H,9-12H2,1-2H3,(H,21,23)/t13-,14+. The molecule has 1 aromatic heterocycles. The zero-order valence-electron chi connectivity index (χ0n) is 14.5. The highest BCUT2D eigenvalue weighted by Crippen LogP contribution is 2.23. The number of rotatable bonds is 5. The normalized spacial score (nSPS) is 21.2. The van der Waals surface area contributed by atoms with Crippen molar-refractivity contribution in [3.63, 3.8) is 0 Å². The van der Waals surface area contributed by atoms with Gasteiger partial charge in [0.2, 0.25) is 0 Å². The lowest BCUT2D eigenvalue weighted by molar-refractivity contribution is -0.0672. The fraction of sp³-hybridized carbons (Fsp3) is 0.421. The Balaban J connectivity index is 1.51. The molecule has 0 bridgehead atoms. The van der Waals surface area contributed by atoms with Crippen LogP contribution in [0.5, 0.6) is 0 Å². The van der Waals surface area contributed by atoms with E-state index in [1.807, 2.05) is 12.1 Å². The Kier molecular flexibility index (Phi) is 5.78. The summed E-state index contributed by atoms with van der Waals surface area (Å²) in [5.41, 5.74) is 0.889. The summed E-state index contributed by atoms with van der Waals surface area (Å²) < 4.78 is 11.4. The van der Waals surface area contributed by atoms with Crippen LogP contribution >= 0.6 is 11.6 Å². The molecule has 0 radical (unpaired) electrons. The van der Waals surface area contributed by atoms with Gasteiger partial charge in [-0.1, -0.05) is 11.6 Å². The van der Waals surface area contributed by atoms with Crippen molar-refractivity contribution in [2.75, 3.05) is 26.2 Å². The van der Waals surface area contributed by atoms with E-state index in [1.165, 1.54) is 0 Å². The van der Waals surface area contributed by atoms with E-state index < -0.39 is 0 Å². The molecule has 2 atom stereocenters. The maximum atomic E-state index is 12.2. The van der Waals surface area contributed by atoms with E-state index in [2.05, 4.69) is 24.1 Å². The molecular formula is C19H23ClN2O3. The second kappa shape index (κ2) is 8.04. The van der Waals surface area contributed by atoms with E-state index in [0.29, 0.717) is 23.1 Å². The molecule has 6 heteroatoms. The zero-order valence-corrected chi connectivity index (χ0v) is 15.3. The summed E-state index contributed by atoms with van der Waals surface area (Å²) in [7, 11) is 0. The number of hydrogen-bond donors (Lipinski definition) is 1. The van der Waals surface area contributed by atoms with Crippen molar-refractivity contribution in [3.05, 3.63) is 47.2 Å². The number of ether oxygens (including phenoxy) is 1. The molecular weight excluding hydrogens is 340 g/mol. The molecule has 5 nitrogen and oxygen atoms in total. The highest BCUT2D eigenvalue weighted by atomic mass is 35.5. The number of carbonyl (C=O) groups is 1. The van der Waals surface area contributed by atoms with Crippen molar-refractivity contribution in [2.45, 2.75) is 26.1 Å². The van der Waals surface area contributed by atoms with Crippen LogP contribution < -0.4 is 5.32 Å². The third kappa shape index (κ3) is 4.84. The van der Waals surface area contributed by atoms with Crippen LogP contribution in [0.15, 0.2) is 40.8 Å². The van der Waals surface area contributed by atoms with Crippen LogP contribution in [0, 0.1) is 0 Å². The van der Waals surface area contributed by atoms with Crippen LogP contribution in [0.2, 0.25) is 5.02 Å².